The van der Waals surface area contributed by atoms with Crippen LogP contribution in [0.4, 0.5) is 0 Å². The van der Waals surface area contributed by atoms with Crippen molar-refractivity contribution in [3.05, 3.63) is 22.4 Å². The number of nitrogens with zero attached hydrogens (tertiary/aromatic N) is 2. The van der Waals surface area contributed by atoms with Crippen LogP contribution in [0.5, 0.6) is 0 Å². The molecular formula is C14H20N2O2S2. The Balaban J connectivity index is 1.99. The number of carbonyl (C=O) groups excluding carboxylic acids is 2. The SMILES string of the molecule is CCC(=O)N(CC)CCN1C(=O)CSC1c1ccsc1. The molecule has 2 rings (SSSR count). The summed E-state index contributed by atoms with van der Waals surface area (Å²) in [5.41, 5.74) is 1.19. The summed E-state index contributed by atoms with van der Waals surface area (Å²) in [6.45, 7) is 5.79. The van der Waals surface area contributed by atoms with Gasteiger partial charge in [-0.05, 0) is 29.3 Å². The van der Waals surface area contributed by atoms with E-state index in [1.807, 2.05) is 29.0 Å². The van der Waals surface area contributed by atoms with Gasteiger partial charge in [0.05, 0.1) is 5.75 Å². The lowest BCUT2D eigenvalue weighted by molar-refractivity contribution is -0.133. The third-order valence-corrected chi connectivity index (χ3v) is 5.40. The van der Waals surface area contributed by atoms with Crippen LogP contribution >= 0.6 is 23.1 Å². The molecule has 2 heterocycles. The Kier molecular flexibility index (Phi) is 5.48. The van der Waals surface area contributed by atoms with Crippen molar-refractivity contribution in [1.29, 1.82) is 0 Å². The lowest BCUT2D eigenvalue weighted by atomic mass is 10.3. The van der Waals surface area contributed by atoms with E-state index >= 15 is 0 Å². The van der Waals surface area contributed by atoms with Crippen LogP contribution < -0.4 is 0 Å². The number of thiophene rings is 1. The summed E-state index contributed by atoms with van der Waals surface area (Å²) in [5, 5.41) is 4.25. The number of likely N-dealkylation sites (N-methyl/N-ethyl adjacent to an activating group) is 1. The highest BCUT2D eigenvalue weighted by Gasteiger charge is 2.33. The maximum absolute atomic E-state index is 12.0. The van der Waals surface area contributed by atoms with E-state index in [4.69, 9.17) is 0 Å². The smallest absolute Gasteiger partial charge is 0.233 e. The molecule has 1 aliphatic rings. The number of amides is 2. The molecule has 1 aromatic heterocycles. The van der Waals surface area contributed by atoms with E-state index in [-0.39, 0.29) is 17.2 Å². The molecule has 0 saturated carbocycles. The van der Waals surface area contributed by atoms with E-state index in [2.05, 4.69) is 11.4 Å². The average molecular weight is 312 g/mol. The summed E-state index contributed by atoms with van der Waals surface area (Å²) in [6.07, 6.45) is 0.518. The highest BCUT2D eigenvalue weighted by Crippen LogP contribution is 2.39. The number of thioether (sulfide) groups is 1. The maximum atomic E-state index is 12.0. The van der Waals surface area contributed by atoms with Crippen LogP contribution in [0.3, 0.4) is 0 Å². The second-order valence-electron chi connectivity index (χ2n) is 4.63. The van der Waals surface area contributed by atoms with Gasteiger partial charge in [0, 0.05) is 26.1 Å². The minimum absolute atomic E-state index is 0.115. The maximum Gasteiger partial charge on any atom is 0.233 e. The lowest BCUT2D eigenvalue weighted by Crippen LogP contribution is -2.39. The molecule has 1 aromatic rings. The summed E-state index contributed by atoms with van der Waals surface area (Å²) >= 11 is 3.32. The molecule has 1 saturated heterocycles. The first-order valence-corrected chi connectivity index (χ1v) is 8.87. The van der Waals surface area contributed by atoms with Crippen LogP contribution in [0, 0.1) is 0 Å². The fourth-order valence-electron chi connectivity index (χ4n) is 2.30. The molecular weight excluding hydrogens is 292 g/mol. The van der Waals surface area contributed by atoms with Gasteiger partial charge >= 0.3 is 0 Å². The largest absolute Gasteiger partial charge is 0.341 e. The van der Waals surface area contributed by atoms with Gasteiger partial charge in [0.1, 0.15) is 5.37 Å². The predicted molar refractivity (Wildman–Crippen MR) is 83.8 cm³/mol. The highest BCUT2D eigenvalue weighted by molar-refractivity contribution is 8.00. The van der Waals surface area contributed by atoms with Crippen LogP contribution in [0.1, 0.15) is 31.2 Å². The normalized spacial score (nSPS) is 18.6. The van der Waals surface area contributed by atoms with Crippen molar-refractivity contribution in [3.63, 3.8) is 0 Å². The van der Waals surface area contributed by atoms with Gasteiger partial charge in [-0.3, -0.25) is 9.59 Å². The molecule has 0 radical (unpaired) electrons. The minimum atomic E-state index is 0.115. The Morgan fingerprint density at radius 1 is 1.50 bits per heavy atom. The van der Waals surface area contributed by atoms with Gasteiger partial charge in [-0.1, -0.05) is 6.92 Å². The zero-order valence-electron chi connectivity index (χ0n) is 11.9. The Hall–Kier alpha value is -1.01. The summed E-state index contributed by atoms with van der Waals surface area (Å²) in [5.74, 6) is 0.860. The van der Waals surface area contributed by atoms with Gasteiger partial charge in [0.15, 0.2) is 0 Å². The molecule has 1 aliphatic heterocycles. The van der Waals surface area contributed by atoms with Crippen molar-refractivity contribution in [3.8, 4) is 0 Å². The third-order valence-electron chi connectivity index (χ3n) is 3.44. The second-order valence-corrected chi connectivity index (χ2v) is 6.48. The number of rotatable bonds is 6. The molecule has 0 aliphatic carbocycles. The molecule has 110 valence electrons. The van der Waals surface area contributed by atoms with Crippen LogP contribution in [-0.2, 0) is 9.59 Å². The van der Waals surface area contributed by atoms with Gasteiger partial charge in [0.25, 0.3) is 0 Å². The standard InChI is InChI=1S/C14H20N2O2S2/c1-3-12(17)15(4-2)6-7-16-13(18)10-20-14(16)11-5-8-19-9-11/h5,8-9,14H,3-4,6-7,10H2,1-2H3. The summed E-state index contributed by atoms with van der Waals surface area (Å²) in [7, 11) is 0. The molecule has 0 aromatic carbocycles. The van der Waals surface area contributed by atoms with E-state index in [1.165, 1.54) is 5.56 Å². The lowest BCUT2D eigenvalue weighted by Gasteiger charge is -2.27. The number of hydrogen-bond donors (Lipinski definition) is 0. The average Bonchev–Trinajstić information content (AvgIpc) is 3.09. The molecule has 20 heavy (non-hydrogen) atoms. The molecule has 4 nitrogen and oxygen atoms in total. The van der Waals surface area contributed by atoms with Crippen molar-refractivity contribution < 1.29 is 9.59 Å². The van der Waals surface area contributed by atoms with Gasteiger partial charge in [-0.25, -0.2) is 0 Å². The molecule has 2 amide bonds. The first kappa shape index (κ1) is 15.4. The van der Waals surface area contributed by atoms with Crippen LogP contribution in [0.25, 0.3) is 0 Å². The topological polar surface area (TPSA) is 40.6 Å². The van der Waals surface area contributed by atoms with E-state index < -0.39 is 0 Å². The third kappa shape index (κ3) is 3.35. The first-order valence-electron chi connectivity index (χ1n) is 6.88. The predicted octanol–water partition coefficient (Wildman–Crippen LogP) is 2.58. The second kappa shape index (κ2) is 7.13. The summed E-state index contributed by atoms with van der Waals surface area (Å²) < 4.78 is 0. The number of carbonyl (C=O) groups is 2. The molecule has 0 N–H and O–H groups in total. The van der Waals surface area contributed by atoms with E-state index in [0.717, 1.165) is 0 Å². The van der Waals surface area contributed by atoms with Crippen LogP contribution in [-0.4, -0.2) is 47.0 Å². The Morgan fingerprint density at radius 3 is 2.90 bits per heavy atom. The van der Waals surface area contributed by atoms with E-state index in [1.54, 1.807) is 23.1 Å². The van der Waals surface area contributed by atoms with E-state index in [9.17, 15) is 9.59 Å². The van der Waals surface area contributed by atoms with Crippen molar-refractivity contribution in [2.24, 2.45) is 0 Å². The van der Waals surface area contributed by atoms with Gasteiger partial charge in [-0.2, -0.15) is 11.3 Å². The summed E-state index contributed by atoms with van der Waals surface area (Å²) in [4.78, 5) is 27.5. The Bertz CT molecular complexity index is 462. The van der Waals surface area contributed by atoms with Crippen LogP contribution in [0.15, 0.2) is 16.8 Å². The van der Waals surface area contributed by atoms with Crippen molar-refractivity contribution in [2.45, 2.75) is 25.6 Å². The van der Waals surface area contributed by atoms with Gasteiger partial charge < -0.3 is 9.80 Å². The highest BCUT2D eigenvalue weighted by atomic mass is 32.2. The monoisotopic (exact) mass is 312 g/mol. The minimum Gasteiger partial charge on any atom is -0.341 e. The molecule has 1 atom stereocenters. The van der Waals surface area contributed by atoms with E-state index in [0.29, 0.717) is 31.8 Å². The zero-order valence-corrected chi connectivity index (χ0v) is 13.5. The van der Waals surface area contributed by atoms with Gasteiger partial charge in [-0.15, -0.1) is 11.8 Å². The first-order chi connectivity index (χ1) is 9.67. The molecule has 1 fully saturated rings. The van der Waals surface area contributed by atoms with Crippen molar-refractivity contribution in [1.82, 2.24) is 9.80 Å². The summed E-state index contributed by atoms with van der Waals surface area (Å²) in [6, 6.07) is 2.07. The quantitative estimate of drug-likeness (QED) is 0.810. The zero-order chi connectivity index (χ0) is 14.5. The molecule has 0 bridgehead atoms. The Labute approximate surface area is 128 Å². The molecule has 6 heteroatoms. The molecule has 1 unspecified atom stereocenters. The Morgan fingerprint density at radius 2 is 2.30 bits per heavy atom. The fourth-order valence-corrected chi connectivity index (χ4v) is 4.27. The molecule has 0 spiro atoms. The number of hydrogen-bond acceptors (Lipinski definition) is 4. The van der Waals surface area contributed by atoms with Crippen molar-refractivity contribution in [2.75, 3.05) is 25.4 Å². The van der Waals surface area contributed by atoms with Crippen molar-refractivity contribution >= 4 is 34.9 Å². The fraction of sp³-hybridized carbons (Fsp3) is 0.571. The van der Waals surface area contributed by atoms with Gasteiger partial charge in [0.2, 0.25) is 11.8 Å². The van der Waals surface area contributed by atoms with Crippen LogP contribution in [0.2, 0.25) is 0 Å².